The molecular weight excluding hydrogens is 593 g/mol. The maximum Gasteiger partial charge on any atom is 0.266 e. The van der Waals surface area contributed by atoms with Crippen molar-refractivity contribution in [3.05, 3.63) is 59.8 Å². The molecule has 1 fully saturated rings. The molecule has 1 saturated heterocycles. The number of hydrogen-bond donors (Lipinski definition) is 0. The van der Waals surface area contributed by atoms with Crippen molar-refractivity contribution in [2.24, 2.45) is 4.99 Å². The normalized spacial score (nSPS) is 17.2. The van der Waals surface area contributed by atoms with Crippen molar-refractivity contribution in [1.29, 1.82) is 0 Å². The van der Waals surface area contributed by atoms with E-state index in [0.717, 1.165) is 18.5 Å². The number of aliphatic imine (C=N–C) groups is 1. The summed E-state index contributed by atoms with van der Waals surface area (Å²) in [4.78, 5) is 19.5. The molecule has 140 valence electrons. The Labute approximate surface area is 188 Å². The topological polar surface area (TPSA) is 41.9 Å². The minimum Gasteiger partial charge on any atom is -0.495 e. The Morgan fingerprint density at radius 1 is 1.22 bits per heavy atom. The first kappa shape index (κ1) is 20.6. The van der Waals surface area contributed by atoms with Gasteiger partial charge >= 0.3 is 0 Å². The Balaban J connectivity index is 1.94. The predicted octanol–water partition coefficient (Wildman–Crippen LogP) is 5.67. The van der Waals surface area contributed by atoms with Crippen molar-refractivity contribution < 1.29 is 13.9 Å². The zero-order valence-electron chi connectivity index (χ0n) is 14.5. The van der Waals surface area contributed by atoms with Gasteiger partial charge in [0.05, 0.1) is 24.8 Å². The highest BCUT2D eigenvalue weighted by Gasteiger charge is 2.32. The van der Waals surface area contributed by atoms with E-state index in [2.05, 4.69) is 50.2 Å². The van der Waals surface area contributed by atoms with Crippen molar-refractivity contribution in [1.82, 2.24) is 4.90 Å². The van der Waals surface area contributed by atoms with Crippen LogP contribution in [0.2, 0.25) is 0 Å². The van der Waals surface area contributed by atoms with Gasteiger partial charge < -0.3 is 4.74 Å². The molecule has 0 radical (unpaired) electrons. The van der Waals surface area contributed by atoms with E-state index in [0.29, 0.717) is 22.3 Å². The SMILES string of the molecule is CCN1C(=O)/C(=C\c2cc(I)c(OC)c(I)c2)SC1=Nc1ccc(F)cc1. The number of hydrogen-bond acceptors (Lipinski definition) is 4. The molecule has 1 heterocycles. The summed E-state index contributed by atoms with van der Waals surface area (Å²) in [6.07, 6.45) is 1.87. The monoisotopic (exact) mass is 608 g/mol. The summed E-state index contributed by atoms with van der Waals surface area (Å²) in [7, 11) is 1.64. The van der Waals surface area contributed by atoms with Gasteiger partial charge in [-0.05, 0) is 112 Å². The van der Waals surface area contributed by atoms with Gasteiger partial charge in [0.2, 0.25) is 0 Å². The summed E-state index contributed by atoms with van der Waals surface area (Å²) in [5, 5.41) is 0.596. The highest BCUT2D eigenvalue weighted by atomic mass is 127. The van der Waals surface area contributed by atoms with Crippen LogP contribution in [0.3, 0.4) is 0 Å². The first-order valence-electron chi connectivity index (χ1n) is 8.01. The summed E-state index contributed by atoms with van der Waals surface area (Å²) in [6.45, 7) is 2.42. The lowest BCUT2D eigenvalue weighted by molar-refractivity contribution is -0.122. The molecule has 2 aromatic carbocycles. The molecule has 1 amide bonds. The molecule has 1 aliphatic rings. The summed E-state index contributed by atoms with van der Waals surface area (Å²) >= 11 is 5.77. The molecule has 1 aliphatic heterocycles. The van der Waals surface area contributed by atoms with Gasteiger partial charge in [-0.25, -0.2) is 9.38 Å². The Bertz CT molecular complexity index is 922. The van der Waals surface area contributed by atoms with Crippen LogP contribution in [0, 0.1) is 13.0 Å². The zero-order chi connectivity index (χ0) is 19.6. The Morgan fingerprint density at radius 2 is 1.85 bits per heavy atom. The lowest BCUT2D eigenvalue weighted by Crippen LogP contribution is -2.28. The third kappa shape index (κ3) is 4.65. The van der Waals surface area contributed by atoms with Crippen LogP contribution in [0.15, 0.2) is 46.3 Å². The fourth-order valence-corrected chi connectivity index (χ4v) is 5.82. The number of methoxy groups -OCH3 is 1. The lowest BCUT2D eigenvalue weighted by Gasteiger charge is -2.12. The van der Waals surface area contributed by atoms with Crippen LogP contribution in [0.25, 0.3) is 6.08 Å². The maximum absolute atomic E-state index is 13.1. The third-order valence-electron chi connectivity index (χ3n) is 3.78. The quantitative estimate of drug-likeness (QED) is 0.332. The highest BCUT2D eigenvalue weighted by molar-refractivity contribution is 14.1. The largest absolute Gasteiger partial charge is 0.495 e. The predicted molar refractivity (Wildman–Crippen MR) is 125 cm³/mol. The number of amides is 1. The van der Waals surface area contributed by atoms with E-state index < -0.39 is 0 Å². The zero-order valence-corrected chi connectivity index (χ0v) is 19.6. The van der Waals surface area contributed by atoms with E-state index in [1.54, 1.807) is 24.1 Å². The second kappa shape index (κ2) is 8.91. The molecule has 0 aliphatic carbocycles. The minimum atomic E-state index is -0.314. The van der Waals surface area contributed by atoms with E-state index in [1.807, 2.05) is 25.1 Å². The summed E-state index contributed by atoms with van der Waals surface area (Å²) in [6, 6.07) is 9.86. The second-order valence-electron chi connectivity index (χ2n) is 5.55. The number of nitrogens with zero attached hydrogens (tertiary/aromatic N) is 2. The number of ether oxygens (including phenoxy) is 1. The maximum atomic E-state index is 13.1. The van der Waals surface area contributed by atoms with Crippen molar-refractivity contribution in [3.63, 3.8) is 0 Å². The molecule has 0 saturated carbocycles. The number of halogens is 3. The number of carbonyl (C=O) groups excluding carboxylic acids is 1. The molecule has 0 N–H and O–H groups in total. The van der Waals surface area contributed by atoms with E-state index in [9.17, 15) is 9.18 Å². The summed E-state index contributed by atoms with van der Waals surface area (Å²) < 4.78 is 20.4. The highest BCUT2D eigenvalue weighted by Crippen LogP contribution is 2.35. The molecule has 4 nitrogen and oxygen atoms in total. The Kier molecular flexibility index (Phi) is 6.79. The van der Waals surface area contributed by atoms with Gasteiger partial charge in [0.25, 0.3) is 5.91 Å². The number of likely N-dealkylation sites (N-methyl/N-ethyl adjacent to an activating group) is 1. The molecule has 27 heavy (non-hydrogen) atoms. The van der Waals surface area contributed by atoms with E-state index >= 15 is 0 Å². The van der Waals surface area contributed by atoms with Crippen molar-refractivity contribution in [3.8, 4) is 5.75 Å². The van der Waals surface area contributed by atoms with Crippen LogP contribution in [-0.4, -0.2) is 29.6 Å². The average molecular weight is 608 g/mol. The van der Waals surface area contributed by atoms with Crippen molar-refractivity contribution >= 4 is 79.8 Å². The third-order valence-corrected chi connectivity index (χ3v) is 6.39. The van der Waals surface area contributed by atoms with Crippen molar-refractivity contribution in [2.45, 2.75) is 6.92 Å². The van der Waals surface area contributed by atoms with Crippen LogP contribution in [-0.2, 0) is 4.79 Å². The molecule has 0 aromatic heterocycles. The number of thioether (sulfide) groups is 1. The fraction of sp³-hybridized carbons (Fsp3) is 0.158. The molecule has 0 atom stereocenters. The number of carbonyl (C=O) groups is 1. The van der Waals surface area contributed by atoms with Gasteiger partial charge in [-0.1, -0.05) is 0 Å². The molecule has 8 heteroatoms. The lowest BCUT2D eigenvalue weighted by atomic mass is 10.2. The number of rotatable bonds is 4. The van der Waals surface area contributed by atoms with E-state index in [1.165, 1.54) is 23.9 Å². The van der Waals surface area contributed by atoms with Gasteiger partial charge in [-0.15, -0.1) is 0 Å². The van der Waals surface area contributed by atoms with Gasteiger partial charge in [-0.3, -0.25) is 9.69 Å². The van der Waals surface area contributed by atoms with Crippen LogP contribution < -0.4 is 4.74 Å². The molecule has 0 bridgehead atoms. The molecule has 3 rings (SSSR count). The van der Waals surface area contributed by atoms with Crippen LogP contribution >= 0.6 is 56.9 Å². The molecule has 2 aromatic rings. The standard InChI is InChI=1S/C19H15FI2N2O2S/c1-3-24-18(25)16(10-11-8-14(21)17(26-2)15(22)9-11)27-19(24)23-13-6-4-12(20)5-7-13/h4-10H,3H2,1-2H3/b16-10+,23-19?. The van der Waals surface area contributed by atoms with Gasteiger partial charge in [0.1, 0.15) is 11.6 Å². The van der Waals surface area contributed by atoms with Crippen LogP contribution in [0.1, 0.15) is 12.5 Å². The van der Waals surface area contributed by atoms with Gasteiger partial charge in [-0.2, -0.15) is 0 Å². The average Bonchev–Trinajstić information content (AvgIpc) is 2.91. The minimum absolute atomic E-state index is 0.0794. The first-order chi connectivity index (χ1) is 12.9. The van der Waals surface area contributed by atoms with Crippen LogP contribution in [0.5, 0.6) is 5.75 Å². The van der Waals surface area contributed by atoms with Crippen molar-refractivity contribution in [2.75, 3.05) is 13.7 Å². The van der Waals surface area contributed by atoms with Crippen LogP contribution in [0.4, 0.5) is 10.1 Å². The summed E-state index contributed by atoms with van der Waals surface area (Å²) in [5.41, 5.74) is 1.54. The fourth-order valence-electron chi connectivity index (χ4n) is 2.51. The van der Waals surface area contributed by atoms with E-state index in [4.69, 9.17) is 4.74 Å². The van der Waals surface area contributed by atoms with Gasteiger partial charge in [0.15, 0.2) is 5.17 Å². The smallest absolute Gasteiger partial charge is 0.266 e. The molecule has 0 spiro atoms. The van der Waals surface area contributed by atoms with E-state index in [-0.39, 0.29) is 11.7 Å². The molecule has 0 unspecified atom stereocenters. The molecular formula is C19H15FI2N2O2S. The van der Waals surface area contributed by atoms with Gasteiger partial charge in [0, 0.05) is 6.54 Å². The number of benzene rings is 2. The Hall–Kier alpha value is -1.14. The summed E-state index contributed by atoms with van der Waals surface area (Å²) in [5.74, 6) is 0.437. The first-order valence-corrected chi connectivity index (χ1v) is 11.0. The number of amidine groups is 1. The second-order valence-corrected chi connectivity index (χ2v) is 8.88. The Morgan fingerprint density at radius 3 is 2.41 bits per heavy atom.